The lowest BCUT2D eigenvalue weighted by Crippen LogP contribution is -2.40. The molecule has 0 aliphatic carbocycles. The number of nitrogens with one attached hydrogen (secondary N) is 1. The van der Waals surface area contributed by atoms with E-state index in [0.29, 0.717) is 0 Å². The molecule has 0 fully saturated rings. The number of carbonyl (C=O) groups excluding carboxylic acids is 1. The third-order valence-electron chi connectivity index (χ3n) is 2.68. The quantitative estimate of drug-likeness (QED) is 0.800. The molecule has 0 saturated heterocycles. The molecule has 1 atom stereocenters. The van der Waals surface area contributed by atoms with Crippen molar-refractivity contribution in [2.45, 2.75) is 45.3 Å². The normalized spacial score (nSPS) is 14.7. The number of benzene rings is 1. The smallest absolute Gasteiger partial charge is 0.412 e. The van der Waals surface area contributed by atoms with Crippen LogP contribution in [0.1, 0.15) is 33.3 Å². The highest BCUT2D eigenvalue weighted by atomic mass is 19.3. The number of aromatic hydroxyl groups is 1. The van der Waals surface area contributed by atoms with Gasteiger partial charge in [0, 0.05) is 17.3 Å². The average molecular weight is 302 g/mol. The summed E-state index contributed by atoms with van der Waals surface area (Å²) in [4.78, 5) is 11.6. The Morgan fingerprint density at radius 3 is 2.33 bits per heavy atom. The van der Waals surface area contributed by atoms with Gasteiger partial charge in [-0.05, 0) is 33.8 Å². The van der Waals surface area contributed by atoms with Crippen LogP contribution in [0.5, 0.6) is 5.75 Å². The van der Waals surface area contributed by atoms with Gasteiger partial charge in [-0.2, -0.15) is 0 Å². The van der Waals surface area contributed by atoms with Gasteiger partial charge in [-0.3, -0.25) is 5.32 Å². The van der Waals surface area contributed by atoms with Crippen LogP contribution in [0.15, 0.2) is 18.2 Å². The first-order chi connectivity index (χ1) is 9.43. The van der Waals surface area contributed by atoms with Gasteiger partial charge >= 0.3 is 6.09 Å². The fraction of sp³-hybridized carbons (Fsp3) is 0.500. The van der Waals surface area contributed by atoms with Crippen molar-refractivity contribution in [3.8, 4) is 5.75 Å². The van der Waals surface area contributed by atoms with Crippen LogP contribution in [0.3, 0.4) is 0 Å². The number of hydrogen-bond donors (Lipinski definition) is 3. The van der Waals surface area contributed by atoms with E-state index in [1.807, 2.05) is 0 Å². The lowest BCUT2D eigenvalue weighted by Gasteiger charge is -2.25. The van der Waals surface area contributed by atoms with Gasteiger partial charge in [0.05, 0.1) is 0 Å². The molecule has 0 aliphatic heterocycles. The molecule has 1 unspecified atom stereocenters. The zero-order chi connectivity index (χ0) is 16.4. The lowest BCUT2D eigenvalue weighted by atomic mass is 9.92. The van der Waals surface area contributed by atoms with Crippen LogP contribution in [0.2, 0.25) is 0 Å². The van der Waals surface area contributed by atoms with E-state index in [9.17, 15) is 18.7 Å². The Hall–Kier alpha value is -1.89. The highest BCUT2D eigenvalue weighted by Gasteiger charge is 2.34. The Morgan fingerprint density at radius 1 is 1.33 bits per heavy atom. The van der Waals surface area contributed by atoms with Crippen LogP contribution in [0.25, 0.3) is 0 Å². The molecule has 1 aromatic rings. The van der Waals surface area contributed by atoms with Gasteiger partial charge in [0.2, 0.25) is 0 Å². The van der Waals surface area contributed by atoms with Crippen LogP contribution < -0.4 is 11.1 Å². The molecule has 0 bridgehead atoms. The molecular formula is C14H20F2N2O3. The molecule has 0 spiro atoms. The van der Waals surface area contributed by atoms with Crippen molar-refractivity contribution in [1.82, 2.24) is 0 Å². The monoisotopic (exact) mass is 302 g/mol. The second-order valence-electron chi connectivity index (χ2n) is 5.94. The lowest BCUT2D eigenvalue weighted by molar-refractivity contribution is 0.0609. The largest absolute Gasteiger partial charge is 0.508 e. The Balaban J connectivity index is 2.91. The van der Waals surface area contributed by atoms with Crippen LogP contribution in [-0.2, 0) is 10.3 Å². The molecule has 7 heteroatoms. The van der Waals surface area contributed by atoms with Crippen molar-refractivity contribution >= 4 is 11.8 Å². The van der Waals surface area contributed by atoms with E-state index >= 15 is 0 Å². The van der Waals surface area contributed by atoms with Gasteiger partial charge in [0.1, 0.15) is 16.9 Å². The molecule has 5 nitrogen and oxygen atoms in total. The number of rotatable bonds is 3. The van der Waals surface area contributed by atoms with E-state index < -0.39 is 29.4 Å². The predicted molar refractivity (Wildman–Crippen MR) is 75.5 cm³/mol. The summed E-state index contributed by atoms with van der Waals surface area (Å²) in [7, 11) is 0. The molecule has 1 aromatic carbocycles. The fourth-order valence-electron chi connectivity index (χ4n) is 1.60. The summed E-state index contributed by atoms with van der Waals surface area (Å²) in [5, 5.41) is 12.2. The van der Waals surface area contributed by atoms with Gasteiger partial charge in [-0.25, -0.2) is 13.6 Å². The highest BCUT2D eigenvalue weighted by Crippen LogP contribution is 2.33. The van der Waals surface area contributed by atoms with Gasteiger partial charge in [-0.15, -0.1) is 0 Å². The van der Waals surface area contributed by atoms with E-state index in [1.165, 1.54) is 12.1 Å². The maximum absolute atomic E-state index is 12.8. The molecule has 0 heterocycles. The third kappa shape index (κ3) is 4.56. The average Bonchev–Trinajstić information content (AvgIpc) is 2.25. The zero-order valence-electron chi connectivity index (χ0n) is 12.4. The number of nitrogens with two attached hydrogens (primary N) is 1. The molecule has 1 rings (SSSR count). The van der Waals surface area contributed by atoms with E-state index in [1.54, 1.807) is 20.8 Å². The van der Waals surface area contributed by atoms with Crippen molar-refractivity contribution in [3.05, 3.63) is 23.8 Å². The van der Waals surface area contributed by atoms with Crippen LogP contribution in [0.4, 0.5) is 19.3 Å². The van der Waals surface area contributed by atoms with E-state index in [0.717, 1.165) is 13.0 Å². The van der Waals surface area contributed by atoms with Crippen LogP contribution in [-0.4, -0.2) is 23.2 Å². The number of alkyl halides is 2. The minimum absolute atomic E-state index is 0.104. The van der Waals surface area contributed by atoms with Crippen LogP contribution >= 0.6 is 0 Å². The molecule has 4 N–H and O–H groups in total. The number of ether oxygens (including phenoxy) is 1. The first kappa shape index (κ1) is 17.2. The Morgan fingerprint density at radius 2 is 1.90 bits per heavy atom. The summed E-state index contributed by atoms with van der Waals surface area (Å²) in [5.74, 6) is -0.422. The fourth-order valence-corrected chi connectivity index (χ4v) is 1.60. The second kappa shape index (κ2) is 5.85. The van der Waals surface area contributed by atoms with E-state index in [-0.39, 0.29) is 11.3 Å². The van der Waals surface area contributed by atoms with Gasteiger partial charge in [0.25, 0.3) is 6.43 Å². The molecular weight excluding hydrogens is 282 g/mol. The topological polar surface area (TPSA) is 84.6 Å². The molecule has 0 aromatic heterocycles. The maximum atomic E-state index is 12.8. The van der Waals surface area contributed by atoms with Crippen molar-refractivity contribution < 1.29 is 23.4 Å². The molecule has 1 amide bonds. The van der Waals surface area contributed by atoms with Gasteiger partial charge in [0.15, 0.2) is 0 Å². The number of hydrogen-bond acceptors (Lipinski definition) is 4. The number of phenols is 1. The molecule has 0 radical (unpaired) electrons. The van der Waals surface area contributed by atoms with E-state index in [4.69, 9.17) is 10.5 Å². The third-order valence-corrected chi connectivity index (χ3v) is 2.68. The summed E-state index contributed by atoms with van der Waals surface area (Å²) in [6.07, 6.45) is -3.55. The van der Waals surface area contributed by atoms with E-state index in [2.05, 4.69) is 5.32 Å². The van der Waals surface area contributed by atoms with Crippen LogP contribution in [0, 0.1) is 0 Å². The Kier molecular flexibility index (Phi) is 4.78. The Labute approximate surface area is 122 Å². The predicted octanol–water partition coefficient (Wildman–Crippen LogP) is 3.18. The minimum atomic E-state index is -2.84. The van der Waals surface area contributed by atoms with Gasteiger partial charge in [-0.1, -0.05) is 6.07 Å². The second-order valence-corrected chi connectivity index (χ2v) is 5.94. The minimum Gasteiger partial charge on any atom is -0.508 e. The summed E-state index contributed by atoms with van der Waals surface area (Å²) in [6.45, 7) is 6.23. The summed E-state index contributed by atoms with van der Waals surface area (Å²) in [5.41, 5.74) is 2.96. The standard InChI is InChI=1S/C14H20F2N2O3/c1-13(2,3)21-12(20)18-8-5-6-9(10(19)7-8)14(4,17)11(15)16/h5-7,11,19H,17H2,1-4H3,(H,18,20). The molecule has 0 saturated carbocycles. The maximum Gasteiger partial charge on any atom is 0.412 e. The zero-order valence-corrected chi connectivity index (χ0v) is 12.4. The van der Waals surface area contributed by atoms with Crippen molar-refractivity contribution in [2.75, 3.05) is 5.32 Å². The summed E-state index contributed by atoms with van der Waals surface area (Å²) in [6, 6.07) is 3.76. The molecule has 0 aliphatic rings. The summed E-state index contributed by atoms with van der Waals surface area (Å²) >= 11 is 0. The number of halogens is 2. The Bertz CT molecular complexity index is 525. The number of amides is 1. The highest BCUT2D eigenvalue weighted by molar-refractivity contribution is 5.85. The number of carbonyl (C=O) groups is 1. The van der Waals surface area contributed by atoms with Crippen molar-refractivity contribution in [1.29, 1.82) is 0 Å². The first-order valence-corrected chi connectivity index (χ1v) is 6.34. The number of phenolic OH excluding ortho intramolecular Hbond substituents is 1. The van der Waals surface area contributed by atoms with Gasteiger partial charge < -0.3 is 15.6 Å². The molecule has 21 heavy (non-hydrogen) atoms. The summed E-state index contributed by atoms with van der Waals surface area (Å²) < 4.78 is 30.7. The number of anilines is 1. The first-order valence-electron chi connectivity index (χ1n) is 6.34. The molecule has 118 valence electrons. The SMILES string of the molecule is CC(C)(C)OC(=O)Nc1ccc(C(C)(N)C(F)F)c(O)c1. The van der Waals surface area contributed by atoms with Crippen molar-refractivity contribution in [2.24, 2.45) is 5.73 Å². The van der Waals surface area contributed by atoms with Crippen molar-refractivity contribution in [3.63, 3.8) is 0 Å².